The number of nitrogens with zero attached hydrogens (tertiary/aromatic N) is 3. The second kappa shape index (κ2) is 7.25. The first-order chi connectivity index (χ1) is 9.24. The van der Waals surface area contributed by atoms with Crippen LogP contribution >= 0.6 is 23.1 Å². The maximum Gasteiger partial charge on any atom is 0.221 e. The van der Waals surface area contributed by atoms with E-state index in [1.807, 2.05) is 6.92 Å². The lowest BCUT2D eigenvalue weighted by Crippen LogP contribution is -2.23. The van der Waals surface area contributed by atoms with Gasteiger partial charge in [-0.05, 0) is 6.92 Å². The molecule has 1 amide bonds. The van der Waals surface area contributed by atoms with Crippen LogP contribution in [-0.4, -0.2) is 31.8 Å². The van der Waals surface area contributed by atoms with Crippen LogP contribution in [0.15, 0.2) is 11.7 Å². The Morgan fingerprint density at radius 2 is 2.47 bits per heavy atom. The number of aromatic amines is 1. The quantitative estimate of drug-likeness (QED) is 0.757. The van der Waals surface area contributed by atoms with E-state index in [1.165, 1.54) is 6.33 Å². The molecule has 102 valence electrons. The summed E-state index contributed by atoms with van der Waals surface area (Å²) in [6.07, 6.45) is 1.93. The minimum atomic E-state index is 0.0263. The number of rotatable bonds is 7. The zero-order chi connectivity index (χ0) is 13.5. The summed E-state index contributed by atoms with van der Waals surface area (Å²) in [6, 6.07) is 0. The summed E-state index contributed by atoms with van der Waals surface area (Å²) in [4.78, 5) is 19.9. The molecule has 0 aliphatic heterocycles. The molecule has 2 aromatic rings. The molecule has 0 atom stereocenters. The molecule has 0 fully saturated rings. The van der Waals surface area contributed by atoms with Gasteiger partial charge in [0.15, 0.2) is 0 Å². The number of hydrogen-bond acceptors (Lipinski definition) is 6. The number of thiazole rings is 1. The first-order valence-corrected chi connectivity index (χ1v) is 7.87. The van der Waals surface area contributed by atoms with E-state index in [0.29, 0.717) is 18.8 Å². The molecular weight excluding hydrogens is 282 g/mol. The third-order valence-corrected chi connectivity index (χ3v) is 4.12. The Balaban J connectivity index is 1.56. The van der Waals surface area contributed by atoms with E-state index in [0.717, 1.165) is 22.2 Å². The largest absolute Gasteiger partial charge is 0.349 e. The standard InChI is InChI=1S/C11H15N5OS2/c1-8-15-9(6-19-8)5-18-3-2-11(17)12-4-10-13-7-14-16-10/h6-7H,2-5H2,1H3,(H,12,17)(H,13,14,16). The Bertz CT molecular complexity index is 511. The maximum atomic E-state index is 11.6. The molecule has 6 nitrogen and oxygen atoms in total. The van der Waals surface area contributed by atoms with Gasteiger partial charge in [0.25, 0.3) is 0 Å². The number of thioether (sulfide) groups is 1. The van der Waals surface area contributed by atoms with Crippen molar-refractivity contribution in [3.05, 3.63) is 28.2 Å². The molecular formula is C11H15N5OS2. The van der Waals surface area contributed by atoms with Crippen molar-refractivity contribution in [2.75, 3.05) is 5.75 Å². The first-order valence-electron chi connectivity index (χ1n) is 5.84. The molecule has 0 saturated heterocycles. The summed E-state index contributed by atoms with van der Waals surface area (Å²) in [6.45, 7) is 2.39. The fourth-order valence-corrected chi connectivity index (χ4v) is 2.95. The zero-order valence-corrected chi connectivity index (χ0v) is 12.2. The molecule has 0 aliphatic carbocycles. The Morgan fingerprint density at radius 3 is 3.16 bits per heavy atom. The highest BCUT2D eigenvalue weighted by molar-refractivity contribution is 7.98. The SMILES string of the molecule is Cc1nc(CSCCC(=O)NCc2ncn[nH]2)cs1. The molecule has 2 aromatic heterocycles. The van der Waals surface area contributed by atoms with Crippen LogP contribution in [0.3, 0.4) is 0 Å². The molecule has 2 N–H and O–H groups in total. The fraction of sp³-hybridized carbons (Fsp3) is 0.455. The molecule has 2 rings (SSSR count). The van der Waals surface area contributed by atoms with Crippen LogP contribution in [0.25, 0.3) is 0 Å². The Morgan fingerprint density at radius 1 is 1.58 bits per heavy atom. The van der Waals surface area contributed by atoms with Crippen molar-refractivity contribution in [3.8, 4) is 0 Å². The highest BCUT2D eigenvalue weighted by atomic mass is 32.2. The zero-order valence-electron chi connectivity index (χ0n) is 10.5. The third-order valence-electron chi connectivity index (χ3n) is 2.31. The van der Waals surface area contributed by atoms with Gasteiger partial charge in [-0.15, -0.1) is 11.3 Å². The third kappa shape index (κ3) is 4.99. The summed E-state index contributed by atoms with van der Waals surface area (Å²) in [5.74, 6) is 2.34. The number of hydrogen-bond donors (Lipinski definition) is 2. The summed E-state index contributed by atoms with van der Waals surface area (Å²) in [5, 5.41) is 12.3. The highest BCUT2D eigenvalue weighted by Gasteiger charge is 2.04. The van der Waals surface area contributed by atoms with E-state index in [-0.39, 0.29) is 5.91 Å². The highest BCUT2D eigenvalue weighted by Crippen LogP contribution is 2.15. The van der Waals surface area contributed by atoms with Gasteiger partial charge in [0.1, 0.15) is 12.2 Å². The minimum absolute atomic E-state index is 0.0263. The molecule has 0 spiro atoms. The molecule has 0 radical (unpaired) electrons. The fourth-order valence-electron chi connectivity index (χ4n) is 1.40. The van der Waals surface area contributed by atoms with Crippen molar-refractivity contribution in [2.45, 2.75) is 25.6 Å². The molecule has 2 heterocycles. The van der Waals surface area contributed by atoms with Gasteiger partial charge >= 0.3 is 0 Å². The van der Waals surface area contributed by atoms with Crippen LogP contribution in [0.2, 0.25) is 0 Å². The lowest BCUT2D eigenvalue weighted by Gasteiger charge is -2.02. The van der Waals surface area contributed by atoms with Gasteiger partial charge in [-0.3, -0.25) is 9.89 Å². The van der Waals surface area contributed by atoms with Gasteiger partial charge in [-0.2, -0.15) is 16.9 Å². The lowest BCUT2D eigenvalue weighted by molar-refractivity contribution is -0.120. The normalized spacial score (nSPS) is 10.6. The van der Waals surface area contributed by atoms with Gasteiger partial charge in [0, 0.05) is 23.3 Å². The average Bonchev–Trinajstić information content (AvgIpc) is 3.04. The van der Waals surface area contributed by atoms with Gasteiger partial charge in [-0.25, -0.2) is 9.97 Å². The van der Waals surface area contributed by atoms with Crippen molar-refractivity contribution in [3.63, 3.8) is 0 Å². The molecule has 0 aliphatic rings. The van der Waals surface area contributed by atoms with Gasteiger partial charge in [0.05, 0.1) is 17.2 Å². The van der Waals surface area contributed by atoms with Gasteiger partial charge in [0.2, 0.25) is 5.91 Å². The van der Waals surface area contributed by atoms with E-state index in [4.69, 9.17) is 0 Å². The van der Waals surface area contributed by atoms with Crippen molar-refractivity contribution < 1.29 is 4.79 Å². The second-order valence-electron chi connectivity index (χ2n) is 3.87. The van der Waals surface area contributed by atoms with Crippen molar-refractivity contribution >= 4 is 29.0 Å². The Kier molecular flexibility index (Phi) is 5.34. The van der Waals surface area contributed by atoms with Crippen LogP contribution in [0, 0.1) is 6.92 Å². The van der Waals surface area contributed by atoms with Gasteiger partial charge in [-0.1, -0.05) is 0 Å². The minimum Gasteiger partial charge on any atom is -0.349 e. The predicted octanol–water partition coefficient (Wildman–Crippen LogP) is 1.51. The predicted molar refractivity (Wildman–Crippen MR) is 75.9 cm³/mol. The van der Waals surface area contributed by atoms with Crippen LogP contribution in [0.4, 0.5) is 0 Å². The topological polar surface area (TPSA) is 83.6 Å². The summed E-state index contributed by atoms with van der Waals surface area (Å²) in [5.41, 5.74) is 1.09. The Labute approximate surface area is 119 Å². The molecule has 0 aromatic carbocycles. The van der Waals surface area contributed by atoms with Crippen LogP contribution in [-0.2, 0) is 17.1 Å². The average molecular weight is 297 g/mol. The number of aryl methyl sites for hydroxylation is 1. The summed E-state index contributed by atoms with van der Waals surface area (Å²) in [7, 11) is 0. The molecule has 19 heavy (non-hydrogen) atoms. The molecule has 8 heteroatoms. The monoisotopic (exact) mass is 297 g/mol. The van der Waals surface area contributed by atoms with Crippen LogP contribution in [0.1, 0.15) is 22.9 Å². The van der Waals surface area contributed by atoms with Crippen molar-refractivity contribution in [2.24, 2.45) is 0 Å². The number of aromatic nitrogens is 4. The van der Waals surface area contributed by atoms with E-state index in [9.17, 15) is 4.79 Å². The Hall–Kier alpha value is -1.41. The molecule has 0 bridgehead atoms. The number of amides is 1. The van der Waals surface area contributed by atoms with E-state index in [2.05, 4.69) is 30.9 Å². The van der Waals surface area contributed by atoms with E-state index < -0.39 is 0 Å². The smallest absolute Gasteiger partial charge is 0.221 e. The first kappa shape index (κ1) is 14.0. The molecule has 0 unspecified atom stereocenters. The second-order valence-corrected chi connectivity index (χ2v) is 6.04. The maximum absolute atomic E-state index is 11.6. The molecule has 0 saturated carbocycles. The van der Waals surface area contributed by atoms with E-state index >= 15 is 0 Å². The summed E-state index contributed by atoms with van der Waals surface area (Å²) >= 11 is 3.37. The van der Waals surface area contributed by atoms with Crippen LogP contribution in [0.5, 0.6) is 0 Å². The number of H-pyrrole nitrogens is 1. The number of carbonyl (C=O) groups is 1. The van der Waals surface area contributed by atoms with Crippen molar-refractivity contribution in [1.29, 1.82) is 0 Å². The lowest BCUT2D eigenvalue weighted by atomic mass is 10.4. The van der Waals surface area contributed by atoms with Gasteiger partial charge < -0.3 is 5.32 Å². The number of carbonyl (C=O) groups excluding carboxylic acids is 1. The van der Waals surface area contributed by atoms with Crippen molar-refractivity contribution in [1.82, 2.24) is 25.5 Å². The number of nitrogens with one attached hydrogen (secondary N) is 2. The summed E-state index contributed by atoms with van der Waals surface area (Å²) < 4.78 is 0. The van der Waals surface area contributed by atoms with E-state index in [1.54, 1.807) is 23.1 Å². The van der Waals surface area contributed by atoms with Crippen LogP contribution < -0.4 is 5.32 Å².